The molecular weight excluding hydrogens is 328 g/mol. The maximum Gasteiger partial charge on any atom is 0.311 e. The second-order valence-electron chi connectivity index (χ2n) is 6.87. The molecule has 0 aromatic heterocycles. The Morgan fingerprint density at radius 2 is 1.50 bits per heavy atom. The smallest absolute Gasteiger partial charge is 0.311 e. The van der Waals surface area contributed by atoms with Gasteiger partial charge in [-0.15, -0.1) is 0 Å². The summed E-state index contributed by atoms with van der Waals surface area (Å²) >= 11 is 0. The number of carbonyl (C=O) groups is 2. The number of hydrogen-bond acceptors (Lipinski definition) is 4. The number of hydrogen-bond donors (Lipinski definition) is 0. The molecule has 0 bridgehead atoms. The molecule has 0 radical (unpaired) electrons. The van der Waals surface area contributed by atoms with Crippen LogP contribution in [0.25, 0.3) is 0 Å². The molecule has 1 rings (SSSR count). The van der Waals surface area contributed by atoms with E-state index in [4.69, 9.17) is 9.47 Å². The molecule has 0 aliphatic carbocycles. The molecule has 0 spiro atoms. The fraction of sp³-hybridized carbons (Fsp3) is 0.636. The van der Waals surface area contributed by atoms with Gasteiger partial charge in [-0.2, -0.15) is 0 Å². The third-order valence-electron chi connectivity index (χ3n) is 4.55. The first-order valence-corrected chi connectivity index (χ1v) is 9.97. The predicted molar refractivity (Wildman–Crippen MR) is 104 cm³/mol. The molecule has 0 aliphatic heterocycles. The minimum Gasteiger partial charge on any atom is -0.466 e. The summed E-state index contributed by atoms with van der Waals surface area (Å²) in [6.45, 7) is 6.61. The van der Waals surface area contributed by atoms with Crippen molar-refractivity contribution < 1.29 is 19.1 Å². The van der Waals surface area contributed by atoms with E-state index in [-0.39, 0.29) is 24.8 Å². The molecule has 0 aliphatic rings. The van der Waals surface area contributed by atoms with Crippen molar-refractivity contribution in [1.29, 1.82) is 0 Å². The van der Waals surface area contributed by atoms with E-state index < -0.39 is 0 Å². The summed E-state index contributed by atoms with van der Waals surface area (Å²) in [6, 6.07) is 5.64. The Hall–Kier alpha value is -1.84. The molecule has 0 saturated heterocycles. The molecule has 4 heteroatoms. The topological polar surface area (TPSA) is 52.6 Å². The lowest BCUT2D eigenvalue weighted by molar-refractivity contribution is -0.144. The van der Waals surface area contributed by atoms with Crippen LogP contribution in [0.3, 0.4) is 0 Å². The Kier molecular flexibility index (Phi) is 11.4. The van der Waals surface area contributed by atoms with Gasteiger partial charge in [0.1, 0.15) is 5.75 Å². The van der Waals surface area contributed by atoms with E-state index in [9.17, 15) is 9.59 Å². The molecule has 0 atom stereocenters. The van der Waals surface area contributed by atoms with E-state index in [0.29, 0.717) is 18.8 Å². The van der Waals surface area contributed by atoms with Crippen molar-refractivity contribution in [3.63, 3.8) is 0 Å². The molecule has 0 fully saturated rings. The maximum absolute atomic E-state index is 11.9. The molecule has 1 aromatic rings. The normalized spacial score (nSPS) is 10.6. The quantitative estimate of drug-likeness (QED) is 0.258. The van der Waals surface area contributed by atoms with E-state index in [2.05, 4.69) is 6.92 Å². The summed E-state index contributed by atoms with van der Waals surface area (Å²) in [7, 11) is 0. The fourth-order valence-electron chi connectivity index (χ4n) is 2.70. The van der Waals surface area contributed by atoms with Crippen LogP contribution in [-0.2, 0) is 14.3 Å². The lowest BCUT2D eigenvalue weighted by Gasteiger charge is -2.09. The largest absolute Gasteiger partial charge is 0.466 e. The maximum atomic E-state index is 11.9. The van der Waals surface area contributed by atoms with Gasteiger partial charge >= 0.3 is 11.9 Å². The van der Waals surface area contributed by atoms with Crippen molar-refractivity contribution in [2.75, 3.05) is 6.61 Å². The number of unbranched alkanes of at least 4 members (excludes halogenated alkanes) is 6. The van der Waals surface area contributed by atoms with Gasteiger partial charge in [0.25, 0.3) is 0 Å². The van der Waals surface area contributed by atoms with E-state index >= 15 is 0 Å². The van der Waals surface area contributed by atoms with Gasteiger partial charge < -0.3 is 9.47 Å². The first-order chi connectivity index (χ1) is 12.5. The Balaban J connectivity index is 2.07. The Morgan fingerprint density at radius 1 is 0.846 bits per heavy atom. The van der Waals surface area contributed by atoms with Crippen LogP contribution >= 0.6 is 0 Å². The SMILES string of the molecule is CCCCCCCCCOC(=O)CCCC(=O)Oc1cccc(C)c1C. The van der Waals surface area contributed by atoms with Crippen LogP contribution < -0.4 is 4.74 Å². The van der Waals surface area contributed by atoms with E-state index in [1.54, 1.807) is 6.07 Å². The second kappa shape index (κ2) is 13.4. The van der Waals surface area contributed by atoms with Gasteiger partial charge in [0, 0.05) is 12.8 Å². The second-order valence-corrected chi connectivity index (χ2v) is 6.87. The van der Waals surface area contributed by atoms with Gasteiger partial charge in [-0.25, -0.2) is 0 Å². The lowest BCUT2D eigenvalue weighted by atomic mass is 10.1. The summed E-state index contributed by atoms with van der Waals surface area (Å²) < 4.78 is 10.6. The number of esters is 2. The molecule has 4 nitrogen and oxygen atoms in total. The van der Waals surface area contributed by atoms with Crippen LogP contribution in [0.1, 0.15) is 82.3 Å². The third kappa shape index (κ3) is 9.59. The van der Waals surface area contributed by atoms with Crippen molar-refractivity contribution in [2.45, 2.75) is 85.0 Å². The van der Waals surface area contributed by atoms with Crippen molar-refractivity contribution in [3.05, 3.63) is 29.3 Å². The summed E-state index contributed by atoms with van der Waals surface area (Å²) in [5, 5.41) is 0. The van der Waals surface area contributed by atoms with E-state index in [0.717, 1.165) is 24.0 Å². The van der Waals surface area contributed by atoms with Gasteiger partial charge in [-0.05, 0) is 43.9 Å². The van der Waals surface area contributed by atoms with Crippen molar-refractivity contribution in [3.8, 4) is 5.75 Å². The van der Waals surface area contributed by atoms with Crippen LogP contribution in [0.4, 0.5) is 0 Å². The van der Waals surface area contributed by atoms with Crippen LogP contribution in [0.15, 0.2) is 18.2 Å². The van der Waals surface area contributed by atoms with Gasteiger partial charge in [0.2, 0.25) is 0 Å². The monoisotopic (exact) mass is 362 g/mol. The first kappa shape index (κ1) is 22.2. The van der Waals surface area contributed by atoms with Crippen molar-refractivity contribution in [1.82, 2.24) is 0 Å². The van der Waals surface area contributed by atoms with Crippen LogP contribution in [0, 0.1) is 13.8 Å². The average Bonchev–Trinajstić information content (AvgIpc) is 2.61. The molecule has 0 saturated carbocycles. The fourth-order valence-corrected chi connectivity index (χ4v) is 2.70. The highest BCUT2D eigenvalue weighted by Crippen LogP contribution is 2.21. The molecule has 146 valence electrons. The van der Waals surface area contributed by atoms with Crippen molar-refractivity contribution in [2.24, 2.45) is 0 Å². The van der Waals surface area contributed by atoms with Crippen LogP contribution in [0.2, 0.25) is 0 Å². The zero-order valence-electron chi connectivity index (χ0n) is 16.6. The molecule has 0 N–H and O–H groups in total. The number of rotatable bonds is 13. The average molecular weight is 363 g/mol. The van der Waals surface area contributed by atoms with E-state index in [1.807, 2.05) is 26.0 Å². The summed E-state index contributed by atoms with van der Waals surface area (Å²) in [5.74, 6) is 0.0608. The highest BCUT2D eigenvalue weighted by atomic mass is 16.5. The minimum atomic E-state index is -0.307. The minimum absolute atomic E-state index is 0.222. The standard InChI is InChI=1S/C22H34O4/c1-4-5-6-7-8-9-10-17-25-21(23)15-12-16-22(24)26-20-14-11-13-18(2)19(20)3/h11,13-14H,4-10,12,15-17H2,1-3H3. The summed E-state index contributed by atoms with van der Waals surface area (Å²) in [5.41, 5.74) is 2.05. The number of ether oxygens (including phenoxy) is 2. The van der Waals surface area contributed by atoms with Gasteiger partial charge in [0.05, 0.1) is 6.61 Å². The van der Waals surface area contributed by atoms with Crippen molar-refractivity contribution >= 4 is 11.9 Å². The van der Waals surface area contributed by atoms with Crippen LogP contribution in [-0.4, -0.2) is 18.5 Å². The Bertz CT molecular complexity index is 551. The van der Waals surface area contributed by atoms with Gasteiger partial charge in [-0.1, -0.05) is 57.6 Å². The van der Waals surface area contributed by atoms with E-state index in [1.165, 1.54) is 32.1 Å². The first-order valence-electron chi connectivity index (χ1n) is 9.97. The summed E-state index contributed by atoms with van der Waals surface area (Å²) in [6.07, 6.45) is 9.32. The summed E-state index contributed by atoms with van der Waals surface area (Å²) in [4.78, 5) is 23.6. The number of carbonyl (C=O) groups excluding carboxylic acids is 2. The molecule has 26 heavy (non-hydrogen) atoms. The molecule has 0 heterocycles. The lowest BCUT2D eigenvalue weighted by Crippen LogP contribution is -2.11. The highest BCUT2D eigenvalue weighted by Gasteiger charge is 2.10. The number of benzene rings is 1. The third-order valence-corrected chi connectivity index (χ3v) is 4.55. The molecule has 1 aromatic carbocycles. The molecular formula is C22H34O4. The Labute approximate surface area is 158 Å². The molecule has 0 unspecified atom stereocenters. The zero-order chi connectivity index (χ0) is 19.2. The van der Waals surface area contributed by atoms with Gasteiger partial charge in [0.15, 0.2) is 0 Å². The van der Waals surface area contributed by atoms with Gasteiger partial charge in [-0.3, -0.25) is 9.59 Å². The number of aryl methyl sites for hydroxylation is 1. The Morgan fingerprint density at radius 3 is 2.23 bits per heavy atom. The predicted octanol–water partition coefficient (Wildman–Crippen LogP) is 5.67. The molecule has 0 amide bonds. The highest BCUT2D eigenvalue weighted by molar-refractivity contribution is 5.74. The van der Waals surface area contributed by atoms with Crippen LogP contribution in [0.5, 0.6) is 5.75 Å². The zero-order valence-corrected chi connectivity index (χ0v) is 16.6.